The van der Waals surface area contributed by atoms with Crippen molar-refractivity contribution in [3.8, 4) is 0 Å². The van der Waals surface area contributed by atoms with Gasteiger partial charge in [0, 0.05) is 13.2 Å². The summed E-state index contributed by atoms with van der Waals surface area (Å²) in [4.78, 5) is 0. The quantitative estimate of drug-likeness (QED) is 0.0310. The average molecular weight is 706 g/mol. The molecule has 0 saturated carbocycles. The fraction of sp³-hybridized carbons (Fsp3) is 0.556. The summed E-state index contributed by atoms with van der Waals surface area (Å²) < 4.78 is 12.4. The Morgan fingerprint density at radius 3 is 1.49 bits per heavy atom. The van der Waals surface area contributed by atoms with Gasteiger partial charge in [-0.2, -0.15) is 0 Å². The van der Waals surface area contributed by atoms with Gasteiger partial charge in [0.2, 0.25) is 6.62 Å². The minimum Gasteiger partial charge on any atom is -0.353 e. The van der Waals surface area contributed by atoms with Crippen molar-refractivity contribution in [1.82, 2.24) is 0 Å². The van der Waals surface area contributed by atoms with E-state index < -0.39 is 6.62 Å². The van der Waals surface area contributed by atoms with Crippen LogP contribution in [0, 0.1) is 0 Å². The van der Waals surface area contributed by atoms with Crippen molar-refractivity contribution in [3.05, 3.63) is 103 Å². The van der Waals surface area contributed by atoms with Crippen molar-refractivity contribution in [2.24, 2.45) is 0 Å². The number of benzene rings is 3. The summed E-state index contributed by atoms with van der Waals surface area (Å²) in [6.45, 7) is 4.06. The highest BCUT2D eigenvalue weighted by molar-refractivity contribution is 8.14. The SMILES string of the molecule is CCCCCCCCOC(CCCCC/C=C/CCCc1ccc([P+](Cl)(c2ccccc2)c2ccccc2)cc1)OCCCCCCCC. The molecule has 0 fully saturated rings. The Labute approximate surface area is 306 Å². The monoisotopic (exact) mass is 705 g/mol. The molecule has 0 saturated heterocycles. The smallest absolute Gasteiger partial charge is 0.210 e. The maximum atomic E-state index is 7.57. The second-order valence-electron chi connectivity index (χ2n) is 13.6. The van der Waals surface area contributed by atoms with E-state index >= 15 is 0 Å². The molecule has 270 valence electrons. The second kappa shape index (κ2) is 26.8. The molecule has 0 aromatic heterocycles. The lowest BCUT2D eigenvalue weighted by molar-refractivity contribution is -0.148. The molecule has 49 heavy (non-hydrogen) atoms. The van der Waals surface area contributed by atoms with Gasteiger partial charge in [-0.15, -0.1) is 0 Å². The molecule has 0 amide bonds. The third-order valence-corrected chi connectivity index (χ3v) is 14.2. The zero-order valence-corrected chi connectivity index (χ0v) is 32.7. The molecule has 0 N–H and O–H groups in total. The summed E-state index contributed by atoms with van der Waals surface area (Å²) in [5.74, 6) is 0. The zero-order chi connectivity index (χ0) is 34.7. The second-order valence-corrected chi connectivity index (χ2v) is 17.9. The van der Waals surface area contributed by atoms with Crippen LogP contribution in [0.15, 0.2) is 97.1 Å². The van der Waals surface area contributed by atoms with Crippen LogP contribution in [-0.4, -0.2) is 19.5 Å². The molecule has 3 rings (SSSR count). The molecule has 0 spiro atoms. The molecule has 0 atom stereocenters. The van der Waals surface area contributed by atoms with Gasteiger partial charge in [0.25, 0.3) is 0 Å². The first kappa shape index (κ1) is 41.5. The summed E-state index contributed by atoms with van der Waals surface area (Å²) in [6.07, 6.45) is 29.6. The van der Waals surface area contributed by atoms with Crippen molar-refractivity contribution in [2.75, 3.05) is 13.2 Å². The standard InChI is InChI=1S/C45H67ClO2P/c1-3-5-7-9-17-27-39-47-45(48-40-28-18-10-8-6-4-2)34-26-16-14-12-11-13-15-21-29-41-35-37-44(38-36-41)49(46,42-30-22-19-23-31-42)43-32-24-20-25-33-43/h11,13,19-20,22-25,30-33,35-38,45H,3-10,12,14-18,21,26-29,34,39-40H2,1-2H3/q+1/b13-11+. The van der Waals surface area contributed by atoms with Gasteiger partial charge in [0.1, 0.15) is 27.2 Å². The van der Waals surface area contributed by atoms with Crippen LogP contribution in [0.5, 0.6) is 0 Å². The number of hydrogen-bond donors (Lipinski definition) is 0. The average Bonchev–Trinajstić information content (AvgIpc) is 3.15. The van der Waals surface area contributed by atoms with Crippen LogP contribution in [0.4, 0.5) is 0 Å². The van der Waals surface area contributed by atoms with Gasteiger partial charge in [-0.25, -0.2) is 0 Å². The van der Waals surface area contributed by atoms with E-state index in [1.165, 1.54) is 111 Å². The number of allylic oxidation sites excluding steroid dienone is 2. The summed E-state index contributed by atoms with van der Waals surface area (Å²) in [5, 5.41) is 3.62. The van der Waals surface area contributed by atoms with Crippen LogP contribution < -0.4 is 15.9 Å². The molecule has 0 unspecified atom stereocenters. The lowest BCUT2D eigenvalue weighted by Crippen LogP contribution is -2.27. The minimum absolute atomic E-state index is 0.0182. The van der Waals surface area contributed by atoms with Crippen LogP contribution >= 0.6 is 17.9 Å². The Morgan fingerprint density at radius 1 is 0.510 bits per heavy atom. The van der Waals surface area contributed by atoms with Gasteiger partial charge in [-0.3, -0.25) is 0 Å². The van der Waals surface area contributed by atoms with E-state index in [1.807, 2.05) is 0 Å². The van der Waals surface area contributed by atoms with Gasteiger partial charge in [-0.05, 0) is 99.7 Å². The maximum Gasteiger partial charge on any atom is 0.210 e. The third-order valence-electron chi connectivity index (χ3n) is 9.43. The Kier molecular flexibility index (Phi) is 22.7. The normalized spacial score (nSPS) is 12.0. The van der Waals surface area contributed by atoms with Crippen molar-refractivity contribution < 1.29 is 9.47 Å². The van der Waals surface area contributed by atoms with Crippen LogP contribution in [0.1, 0.15) is 141 Å². The van der Waals surface area contributed by atoms with Gasteiger partial charge < -0.3 is 9.47 Å². The predicted molar refractivity (Wildman–Crippen MR) is 219 cm³/mol. The molecule has 0 aliphatic rings. The Morgan fingerprint density at radius 2 is 0.959 bits per heavy atom. The number of halogens is 1. The van der Waals surface area contributed by atoms with Crippen molar-refractivity contribution in [3.63, 3.8) is 0 Å². The molecule has 2 nitrogen and oxygen atoms in total. The Balaban J connectivity index is 1.32. The fourth-order valence-corrected chi connectivity index (χ4v) is 10.0. The molecule has 4 heteroatoms. The third kappa shape index (κ3) is 16.7. The highest BCUT2D eigenvalue weighted by Gasteiger charge is 2.44. The zero-order valence-electron chi connectivity index (χ0n) is 31.0. The van der Waals surface area contributed by atoms with Crippen LogP contribution in [0.25, 0.3) is 0 Å². The van der Waals surface area contributed by atoms with Gasteiger partial charge >= 0.3 is 0 Å². The maximum absolute atomic E-state index is 7.57. The molecular formula is C45H67ClO2P+. The first-order valence-electron chi connectivity index (χ1n) is 19.9. The fourth-order valence-electron chi connectivity index (χ4n) is 6.40. The Bertz CT molecular complexity index is 1160. The van der Waals surface area contributed by atoms with Crippen LogP contribution in [0.2, 0.25) is 0 Å². The molecule has 0 aliphatic carbocycles. The summed E-state index contributed by atoms with van der Waals surface area (Å²) in [6, 6.07) is 30.2. The van der Waals surface area contributed by atoms with E-state index in [9.17, 15) is 0 Å². The number of unbranched alkanes of at least 4 members (excludes halogenated alkanes) is 14. The molecule has 0 radical (unpaired) electrons. The highest BCUT2D eigenvalue weighted by atomic mass is 35.7. The molecule has 3 aromatic rings. The van der Waals surface area contributed by atoms with Gasteiger partial charge in [-0.1, -0.05) is 145 Å². The van der Waals surface area contributed by atoms with E-state index in [1.54, 1.807) is 0 Å². The number of ether oxygens (including phenoxy) is 2. The number of rotatable bonds is 29. The molecule has 0 heterocycles. The lowest BCUT2D eigenvalue weighted by Gasteiger charge is -2.19. The molecular weight excluding hydrogens is 639 g/mol. The summed E-state index contributed by atoms with van der Waals surface area (Å²) in [7, 11) is 0. The molecule has 3 aromatic carbocycles. The van der Waals surface area contributed by atoms with Crippen LogP contribution in [0.3, 0.4) is 0 Å². The molecule has 0 aliphatic heterocycles. The number of hydrogen-bond acceptors (Lipinski definition) is 2. The summed E-state index contributed by atoms with van der Waals surface area (Å²) >= 11 is 7.57. The van der Waals surface area contributed by atoms with E-state index in [4.69, 9.17) is 20.7 Å². The van der Waals surface area contributed by atoms with Gasteiger partial charge in [0.15, 0.2) is 6.29 Å². The van der Waals surface area contributed by atoms with Crippen LogP contribution in [-0.2, 0) is 15.9 Å². The summed E-state index contributed by atoms with van der Waals surface area (Å²) in [5.41, 5.74) is 1.38. The minimum atomic E-state index is -2.18. The highest BCUT2D eigenvalue weighted by Crippen LogP contribution is 2.60. The van der Waals surface area contributed by atoms with Crippen molar-refractivity contribution in [1.29, 1.82) is 0 Å². The predicted octanol–water partition coefficient (Wildman–Crippen LogP) is 13.0. The molecule has 0 bridgehead atoms. The van der Waals surface area contributed by atoms with E-state index in [2.05, 4.69) is 111 Å². The number of aryl methyl sites for hydroxylation is 1. The lowest BCUT2D eigenvalue weighted by atomic mass is 10.1. The van der Waals surface area contributed by atoms with E-state index in [0.29, 0.717) is 0 Å². The first-order valence-corrected chi connectivity index (χ1v) is 22.6. The largest absolute Gasteiger partial charge is 0.353 e. The van der Waals surface area contributed by atoms with Crippen molar-refractivity contribution >= 4 is 33.8 Å². The first-order chi connectivity index (χ1) is 24.2. The van der Waals surface area contributed by atoms with Crippen molar-refractivity contribution in [2.45, 2.75) is 149 Å². The van der Waals surface area contributed by atoms with E-state index in [0.717, 1.165) is 51.7 Å². The Hall–Kier alpha value is -1.96. The topological polar surface area (TPSA) is 18.5 Å². The van der Waals surface area contributed by atoms with E-state index in [-0.39, 0.29) is 6.29 Å². The van der Waals surface area contributed by atoms with Gasteiger partial charge in [0.05, 0.1) is 0 Å².